The lowest BCUT2D eigenvalue weighted by atomic mass is 10.1. The van der Waals surface area contributed by atoms with E-state index in [0.717, 1.165) is 6.07 Å². The molecule has 0 aliphatic carbocycles. The molecule has 62 valence electrons. The molecule has 0 saturated heterocycles. The lowest BCUT2D eigenvalue weighted by Gasteiger charge is -2.04. The highest BCUT2D eigenvalue weighted by molar-refractivity contribution is 9.10. The van der Waals surface area contributed by atoms with E-state index in [1.54, 1.807) is 6.07 Å². The van der Waals surface area contributed by atoms with Gasteiger partial charge in [0.1, 0.15) is 5.82 Å². The molecule has 0 aliphatic rings. The Labute approximate surface area is 77.4 Å². The fourth-order valence-electron chi connectivity index (χ4n) is 0.794. The second kappa shape index (κ2) is 3.65. The Hall–Kier alpha value is -0.920. The van der Waals surface area contributed by atoms with Gasteiger partial charge in [0, 0.05) is 10.0 Å². The van der Waals surface area contributed by atoms with Gasteiger partial charge in [-0.2, -0.15) is 5.26 Å². The summed E-state index contributed by atoms with van der Waals surface area (Å²) in [6, 6.07) is 5.43. The third kappa shape index (κ3) is 1.81. The minimum absolute atomic E-state index is 0.248. The molecule has 0 amide bonds. The standard InChI is InChI=1S/C8H5BrFNO/c9-7-2-1-5(10)3-6(7)8(12)4-11/h1-3,8,12H/t8-/m1/s1. The van der Waals surface area contributed by atoms with Crippen LogP contribution in [0, 0.1) is 17.1 Å². The molecule has 12 heavy (non-hydrogen) atoms. The topological polar surface area (TPSA) is 44.0 Å². The first-order valence-electron chi connectivity index (χ1n) is 3.18. The Morgan fingerprint density at radius 2 is 2.25 bits per heavy atom. The van der Waals surface area contributed by atoms with E-state index in [2.05, 4.69) is 15.9 Å². The molecular weight excluding hydrogens is 225 g/mol. The van der Waals surface area contributed by atoms with Gasteiger partial charge in [0.15, 0.2) is 6.10 Å². The number of nitriles is 1. The average Bonchev–Trinajstić information content (AvgIpc) is 2.08. The molecule has 1 aromatic rings. The summed E-state index contributed by atoms with van der Waals surface area (Å²) in [6.45, 7) is 0. The van der Waals surface area contributed by atoms with E-state index in [0.29, 0.717) is 4.47 Å². The van der Waals surface area contributed by atoms with Gasteiger partial charge in [-0.3, -0.25) is 0 Å². The summed E-state index contributed by atoms with van der Waals surface area (Å²) < 4.78 is 13.1. The number of hydrogen-bond donors (Lipinski definition) is 1. The van der Waals surface area contributed by atoms with E-state index in [9.17, 15) is 4.39 Å². The molecule has 1 atom stereocenters. The zero-order valence-corrected chi connectivity index (χ0v) is 7.55. The lowest BCUT2D eigenvalue weighted by Crippen LogP contribution is -1.95. The minimum Gasteiger partial charge on any atom is -0.374 e. The van der Waals surface area contributed by atoms with Crippen molar-refractivity contribution >= 4 is 15.9 Å². The van der Waals surface area contributed by atoms with Crippen LogP contribution in [0.2, 0.25) is 0 Å². The molecule has 0 heterocycles. The molecule has 0 bridgehead atoms. The number of halogens is 2. The summed E-state index contributed by atoms with van der Waals surface area (Å²) in [5, 5.41) is 17.4. The maximum atomic E-state index is 12.6. The van der Waals surface area contributed by atoms with Crippen molar-refractivity contribution in [2.24, 2.45) is 0 Å². The number of nitrogens with zero attached hydrogens (tertiary/aromatic N) is 1. The van der Waals surface area contributed by atoms with Crippen molar-refractivity contribution in [3.63, 3.8) is 0 Å². The van der Waals surface area contributed by atoms with Gasteiger partial charge in [0.05, 0.1) is 6.07 Å². The van der Waals surface area contributed by atoms with Crippen LogP contribution in [0.15, 0.2) is 22.7 Å². The first-order chi connectivity index (χ1) is 5.65. The molecule has 0 aliphatic heterocycles. The Balaban J connectivity index is 3.15. The van der Waals surface area contributed by atoms with Crippen molar-refractivity contribution in [1.82, 2.24) is 0 Å². The summed E-state index contributed by atoms with van der Waals surface area (Å²) in [4.78, 5) is 0. The van der Waals surface area contributed by atoms with Crippen molar-refractivity contribution in [1.29, 1.82) is 5.26 Å². The highest BCUT2D eigenvalue weighted by Gasteiger charge is 2.10. The van der Waals surface area contributed by atoms with Crippen LogP contribution in [0.4, 0.5) is 4.39 Å². The van der Waals surface area contributed by atoms with Gasteiger partial charge < -0.3 is 5.11 Å². The predicted octanol–water partition coefficient (Wildman–Crippen LogP) is 2.15. The fraction of sp³-hybridized carbons (Fsp3) is 0.125. The van der Waals surface area contributed by atoms with Crippen LogP contribution >= 0.6 is 15.9 Å². The van der Waals surface area contributed by atoms with Crippen molar-refractivity contribution in [2.45, 2.75) is 6.10 Å². The van der Waals surface area contributed by atoms with Crippen LogP contribution < -0.4 is 0 Å². The van der Waals surface area contributed by atoms with E-state index in [1.807, 2.05) is 0 Å². The third-order valence-electron chi connectivity index (χ3n) is 1.37. The summed E-state index contributed by atoms with van der Waals surface area (Å²) in [7, 11) is 0. The quantitative estimate of drug-likeness (QED) is 0.751. The monoisotopic (exact) mass is 229 g/mol. The molecule has 1 rings (SSSR count). The normalized spacial score (nSPS) is 12.2. The first-order valence-corrected chi connectivity index (χ1v) is 3.97. The second-order valence-electron chi connectivity index (χ2n) is 2.20. The van der Waals surface area contributed by atoms with Crippen LogP contribution in [-0.4, -0.2) is 5.11 Å². The van der Waals surface area contributed by atoms with Gasteiger partial charge in [-0.25, -0.2) is 4.39 Å². The molecular formula is C8H5BrFNO. The molecule has 0 aromatic heterocycles. The molecule has 1 aromatic carbocycles. The Morgan fingerprint density at radius 3 is 2.83 bits per heavy atom. The number of rotatable bonds is 1. The molecule has 1 N–H and O–H groups in total. The minimum atomic E-state index is -1.28. The molecule has 0 spiro atoms. The number of benzene rings is 1. The molecule has 0 unspecified atom stereocenters. The molecule has 4 heteroatoms. The highest BCUT2D eigenvalue weighted by Crippen LogP contribution is 2.23. The van der Waals surface area contributed by atoms with Crippen molar-refractivity contribution in [2.75, 3.05) is 0 Å². The van der Waals surface area contributed by atoms with Gasteiger partial charge >= 0.3 is 0 Å². The highest BCUT2D eigenvalue weighted by atomic mass is 79.9. The van der Waals surface area contributed by atoms with Crippen LogP contribution in [0.3, 0.4) is 0 Å². The van der Waals surface area contributed by atoms with Crippen LogP contribution in [0.5, 0.6) is 0 Å². The third-order valence-corrected chi connectivity index (χ3v) is 2.10. The smallest absolute Gasteiger partial charge is 0.167 e. The van der Waals surface area contributed by atoms with E-state index >= 15 is 0 Å². The Kier molecular flexibility index (Phi) is 2.79. The van der Waals surface area contributed by atoms with Crippen LogP contribution in [0.1, 0.15) is 11.7 Å². The summed E-state index contributed by atoms with van der Waals surface area (Å²) in [5.41, 5.74) is 0.248. The van der Waals surface area contributed by atoms with Crippen molar-refractivity contribution in [3.05, 3.63) is 34.1 Å². The summed E-state index contributed by atoms with van der Waals surface area (Å²) in [6.07, 6.45) is -1.28. The number of aliphatic hydroxyl groups is 1. The van der Waals surface area contributed by atoms with E-state index in [1.165, 1.54) is 12.1 Å². The van der Waals surface area contributed by atoms with Gasteiger partial charge in [-0.15, -0.1) is 0 Å². The van der Waals surface area contributed by atoms with Crippen LogP contribution in [-0.2, 0) is 0 Å². The number of aliphatic hydroxyl groups excluding tert-OH is 1. The predicted molar refractivity (Wildman–Crippen MR) is 44.7 cm³/mol. The van der Waals surface area contributed by atoms with Gasteiger partial charge in [-0.1, -0.05) is 15.9 Å². The molecule has 0 saturated carbocycles. The largest absolute Gasteiger partial charge is 0.374 e. The Morgan fingerprint density at radius 1 is 1.58 bits per heavy atom. The molecule has 0 radical (unpaired) electrons. The van der Waals surface area contributed by atoms with Crippen molar-refractivity contribution in [3.8, 4) is 6.07 Å². The fourth-order valence-corrected chi connectivity index (χ4v) is 1.26. The average molecular weight is 230 g/mol. The van der Waals surface area contributed by atoms with E-state index in [4.69, 9.17) is 10.4 Å². The summed E-state index contributed by atoms with van der Waals surface area (Å²) >= 11 is 3.09. The van der Waals surface area contributed by atoms with E-state index in [-0.39, 0.29) is 5.56 Å². The first kappa shape index (κ1) is 9.17. The van der Waals surface area contributed by atoms with Gasteiger partial charge in [0.2, 0.25) is 0 Å². The zero-order valence-electron chi connectivity index (χ0n) is 5.96. The SMILES string of the molecule is N#C[C@@H](O)c1cc(F)ccc1Br. The van der Waals surface area contributed by atoms with Crippen LogP contribution in [0.25, 0.3) is 0 Å². The van der Waals surface area contributed by atoms with Gasteiger partial charge in [-0.05, 0) is 18.2 Å². The lowest BCUT2D eigenvalue weighted by molar-refractivity contribution is 0.234. The number of hydrogen-bond acceptors (Lipinski definition) is 2. The maximum absolute atomic E-state index is 12.6. The zero-order chi connectivity index (χ0) is 9.14. The maximum Gasteiger partial charge on any atom is 0.167 e. The molecule has 0 fully saturated rings. The molecule has 2 nitrogen and oxygen atoms in total. The van der Waals surface area contributed by atoms with E-state index < -0.39 is 11.9 Å². The Bertz CT molecular complexity index is 334. The second-order valence-corrected chi connectivity index (χ2v) is 3.05. The van der Waals surface area contributed by atoms with Gasteiger partial charge in [0.25, 0.3) is 0 Å². The summed E-state index contributed by atoms with van der Waals surface area (Å²) in [5.74, 6) is -0.470. The van der Waals surface area contributed by atoms with Crippen molar-refractivity contribution < 1.29 is 9.50 Å².